The van der Waals surface area contributed by atoms with E-state index in [0.717, 1.165) is 11.3 Å². The van der Waals surface area contributed by atoms with Crippen LogP contribution in [0.2, 0.25) is 5.02 Å². The lowest BCUT2D eigenvalue weighted by molar-refractivity contribution is -0.149. The summed E-state index contributed by atoms with van der Waals surface area (Å²) in [6.45, 7) is 0.308. The number of anilines is 1. The van der Waals surface area contributed by atoms with Crippen LogP contribution in [0.3, 0.4) is 0 Å². The van der Waals surface area contributed by atoms with Gasteiger partial charge in [0.15, 0.2) is 5.76 Å². The number of amides is 1. The van der Waals surface area contributed by atoms with Crippen LogP contribution in [-0.2, 0) is 20.9 Å². The molecule has 1 aromatic heterocycles. The molecule has 2 aromatic carbocycles. The maximum atomic E-state index is 12.4. The molecule has 1 saturated heterocycles. The van der Waals surface area contributed by atoms with Crippen LogP contribution in [-0.4, -0.2) is 23.6 Å². The van der Waals surface area contributed by atoms with Gasteiger partial charge in [-0.05, 0) is 36.4 Å². The molecule has 1 aliphatic rings. The summed E-state index contributed by atoms with van der Waals surface area (Å²) in [7, 11) is 0. The highest BCUT2D eigenvalue weighted by Gasteiger charge is 2.36. The number of rotatable bonds is 5. The Balaban J connectivity index is 1.35. The van der Waals surface area contributed by atoms with Crippen LogP contribution in [0.5, 0.6) is 0 Å². The Kier molecular flexibility index (Phi) is 5.12. The Morgan fingerprint density at radius 3 is 2.68 bits per heavy atom. The SMILES string of the molecule is O=C(OCc1cc(-c2ccc(Cl)cc2)on1)C1CC(=O)N(c2ccccc2)C1. The van der Waals surface area contributed by atoms with E-state index in [0.29, 0.717) is 23.0 Å². The van der Waals surface area contributed by atoms with Gasteiger partial charge < -0.3 is 14.2 Å². The zero-order valence-corrected chi connectivity index (χ0v) is 15.6. The van der Waals surface area contributed by atoms with Crippen molar-refractivity contribution in [1.29, 1.82) is 0 Å². The smallest absolute Gasteiger partial charge is 0.311 e. The molecular weight excluding hydrogens is 380 g/mol. The van der Waals surface area contributed by atoms with E-state index in [9.17, 15) is 9.59 Å². The molecule has 1 fully saturated rings. The van der Waals surface area contributed by atoms with Gasteiger partial charge >= 0.3 is 5.97 Å². The largest absolute Gasteiger partial charge is 0.459 e. The highest BCUT2D eigenvalue weighted by atomic mass is 35.5. The minimum Gasteiger partial charge on any atom is -0.459 e. The molecule has 28 heavy (non-hydrogen) atoms. The van der Waals surface area contributed by atoms with Crippen LogP contribution < -0.4 is 4.90 Å². The van der Waals surface area contributed by atoms with Crippen molar-refractivity contribution in [2.75, 3.05) is 11.4 Å². The summed E-state index contributed by atoms with van der Waals surface area (Å²) in [5.41, 5.74) is 2.11. The molecule has 142 valence electrons. The molecular formula is C21H17ClN2O4. The number of carbonyl (C=O) groups excluding carboxylic acids is 2. The first-order valence-electron chi connectivity index (χ1n) is 8.84. The predicted octanol–water partition coefficient (Wildman–Crippen LogP) is 4.09. The zero-order valence-electron chi connectivity index (χ0n) is 14.9. The maximum Gasteiger partial charge on any atom is 0.311 e. The van der Waals surface area contributed by atoms with E-state index in [1.165, 1.54) is 0 Å². The Hall–Kier alpha value is -3.12. The van der Waals surface area contributed by atoms with Gasteiger partial charge in [0.1, 0.15) is 12.3 Å². The molecule has 7 heteroatoms. The summed E-state index contributed by atoms with van der Waals surface area (Å²) >= 11 is 5.88. The summed E-state index contributed by atoms with van der Waals surface area (Å²) in [4.78, 5) is 26.2. The molecule has 3 aromatic rings. The first-order chi connectivity index (χ1) is 13.6. The zero-order chi connectivity index (χ0) is 19.5. The molecule has 4 rings (SSSR count). The van der Waals surface area contributed by atoms with E-state index in [1.807, 2.05) is 42.5 Å². The third kappa shape index (κ3) is 3.92. The van der Waals surface area contributed by atoms with Crippen LogP contribution in [0.25, 0.3) is 11.3 Å². The Morgan fingerprint density at radius 1 is 1.18 bits per heavy atom. The fourth-order valence-electron chi connectivity index (χ4n) is 3.12. The second-order valence-corrected chi connectivity index (χ2v) is 6.97. The number of carbonyl (C=O) groups is 2. The third-order valence-electron chi connectivity index (χ3n) is 4.58. The summed E-state index contributed by atoms with van der Waals surface area (Å²) in [5, 5.41) is 4.56. The molecule has 0 aliphatic carbocycles. The van der Waals surface area contributed by atoms with Crippen molar-refractivity contribution in [2.45, 2.75) is 13.0 Å². The Morgan fingerprint density at radius 2 is 1.93 bits per heavy atom. The lowest BCUT2D eigenvalue weighted by atomic mass is 10.1. The fourth-order valence-corrected chi connectivity index (χ4v) is 3.24. The van der Waals surface area contributed by atoms with Crippen molar-refractivity contribution in [3.63, 3.8) is 0 Å². The van der Waals surface area contributed by atoms with E-state index < -0.39 is 11.9 Å². The number of esters is 1. The normalized spacial score (nSPS) is 16.4. The number of benzene rings is 2. The van der Waals surface area contributed by atoms with Crippen molar-refractivity contribution in [3.05, 3.63) is 71.4 Å². The monoisotopic (exact) mass is 396 g/mol. The van der Waals surface area contributed by atoms with Gasteiger partial charge in [0.25, 0.3) is 0 Å². The van der Waals surface area contributed by atoms with Crippen LogP contribution in [0.1, 0.15) is 12.1 Å². The summed E-state index contributed by atoms with van der Waals surface area (Å²) in [6, 6.07) is 18.2. The molecule has 2 heterocycles. The number of hydrogen-bond acceptors (Lipinski definition) is 5. The Labute approximate surface area is 166 Å². The molecule has 1 unspecified atom stereocenters. The number of para-hydroxylation sites is 1. The topological polar surface area (TPSA) is 72.6 Å². The molecule has 0 saturated carbocycles. The van der Waals surface area contributed by atoms with Crippen LogP contribution in [0.15, 0.2) is 65.2 Å². The number of hydrogen-bond donors (Lipinski definition) is 0. The highest BCUT2D eigenvalue weighted by Crippen LogP contribution is 2.26. The summed E-state index contributed by atoms with van der Waals surface area (Å²) in [6.07, 6.45) is 0.141. The molecule has 1 atom stereocenters. The minimum absolute atomic E-state index is 0.00799. The number of aromatic nitrogens is 1. The molecule has 1 aliphatic heterocycles. The molecule has 0 radical (unpaired) electrons. The van der Waals surface area contributed by atoms with Gasteiger partial charge in [0.05, 0.1) is 5.92 Å². The van der Waals surface area contributed by atoms with Crippen LogP contribution in [0.4, 0.5) is 5.69 Å². The third-order valence-corrected chi connectivity index (χ3v) is 4.83. The average molecular weight is 397 g/mol. The minimum atomic E-state index is -0.490. The van der Waals surface area contributed by atoms with E-state index in [-0.39, 0.29) is 18.9 Å². The number of ether oxygens (including phenoxy) is 1. The first-order valence-corrected chi connectivity index (χ1v) is 9.21. The van der Waals surface area contributed by atoms with Gasteiger partial charge in [-0.25, -0.2) is 0 Å². The van der Waals surface area contributed by atoms with E-state index in [1.54, 1.807) is 23.1 Å². The van der Waals surface area contributed by atoms with E-state index in [2.05, 4.69) is 5.16 Å². The van der Waals surface area contributed by atoms with E-state index in [4.69, 9.17) is 20.9 Å². The second kappa shape index (κ2) is 7.86. The van der Waals surface area contributed by atoms with Crippen LogP contribution >= 0.6 is 11.6 Å². The van der Waals surface area contributed by atoms with Crippen molar-refractivity contribution in [2.24, 2.45) is 5.92 Å². The van der Waals surface area contributed by atoms with Crippen molar-refractivity contribution in [3.8, 4) is 11.3 Å². The molecule has 0 bridgehead atoms. The number of halogens is 1. The predicted molar refractivity (Wildman–Crippen MR) is 104 cm³/mol. The van der Waals surface area contributed by atoms with Crippen molar-refractivity contribution in [1.82, 2.24) is 5.16 Å². The molecule has 1 amide bonds. The standard InChI is InChI=1S/C21H17ClN2O4/c22-16-8-6-14(7-9-16)19-11-17(23-28-19)13-27-21(26)15-10-20(25)24(12-15)18-4-2-1-3-5-18/h1-9,11,15H,10,12-13H2. The van der Waals surface area contributed by atoms with Gasteiger partial charge in [-0.3, -0.25) is 9.59 Å². The van der Waals surface area contributed by atoms with Crippen molar-refractivity contribution >= 4 is 29.2 Å². The second-order valence-electron chi connectivity index (χ2n) is 6.54. The Bertz CT molecular complexity index is 985. The molecule has 6 nitrogen and oxygen atoms in total. The number of nitrogens with zero attached hydrogens (tertiary/aromatic N) is 2. The summed E-state index contributed by atoms with van der Waals surface area (Å²) in [5.74, 6) is -0.424. The van der Waals surface area contributed by atoms with Gasteiger partial charge in [0, 0.05) is 35.3 Å². The fraction of sp³-hybridized carbons (Fsp3) is 0.190. The highest BCUT2D eigenvalue weighted by molar-refractivity contribution is 6.30. The molecule has 0 spiro atoms. The van der Waals surface area contributed by atoms with Gasteiger partial charge in [-0.15, -0.1) is 0 Å². The quantitative estimate of drug-likeness (QED) is 0.607. The lowest BCUT2D eigenvalue weighted by Gasteiger charge is -2.16. The maximum absolute atomic E-state index is 12.4. The van der Waals surface area contributed by atoms with E-state index >= 15 is 0 Å². The first kappa shape index (κ1) is 18.3. The van der Waals surface area contributed by atoms with Gasteiger partial charge in [-0.2, -0.15) is 0 Å². The summed E-state index contributed by atoms with van der Waals surface area (Å²) < 4.78 is 10.6. The average Bonchev–Trinajstić information content (AvgIpc) is 3.34. The van der Waals surface area contributed by atoms with Crippen molar-refractivity contribution < 1.29 is 18.8 Å². The van der Waals surface area contributed by atoms with Crippen LogP contribution in [0, 0.1) is 5.92 Å². The lowest BCUT2D eigenvalue weighted by Crippen LogP contribution is -2.26. The van der Waals surface area contributed by atoms with Gasteiger partial charge in [0.2, 0.25) is 5.91 Å². The van der Waals surface area contributed by atoms with Gasteiger partial charge in [-0.1, -0.05) is 35.0 Å². The molecule has 0 N–H and O–H groups in total.